The number of benzene rings is 2. The van der Waals surface area contributed by atoms with Crippen molar-refractivity contribution in [2.75, 3.05) is 13.7 Å². The zero-order valence-electron chi connectivity index (χ0n) is 11.8. The first kappa shape index (κ1) is 13.8. The Hall–Kier alpha value is -2.14. The fourth-order valence-electron chi connectivity index (χ4n) is 2.41. The molecule has 108 valence electrons. The molecule has 2 aromatic rings. The van der Waals surface area contributed by atoms with Gasteiger partial charge in [0.05, 0.1) is 6.61 Å². The molecular formula is C16H15NO3S. The summed E-state index contributed by atoms with van der Waals surface area (Å²) in [6, 6.07) is 11.8. The summed E-state index contributed by atoms with van der Waals surface area (Å²) in [5.74, 6) is -0.542. The number of rotatable bonds is 2. The summed E-state index contributed by atoms with van der Waals surface area (Å²) < 4.78 is 6.67. The Morgan fingerprint density at radius 3 is 2.81 bits per heavy atom. The molecule has 21 heavy (non-hydrogen) atoms. The number of ether oxygens (including phenoxy) is 1. The van der Waals surface area contributed by atoms with Gasteiger partial charge in [0.15, 0.2) is 11.5 Å². The molecule has 1 heterocycles. The third-order valence-corrected chi connectivity index (χ3v) is 4.45. The van der Waals surface area contributed by atoms with E-state index in [9.17, 15) is 9.90 Å². The number of likely N-dealkylation sites (N-methyl/N-ethyl adjacent to an activating group) is 1. The van der Waals surface area contributed by atoms with Gasteiger partial charge in [0.1, 0.15) is 0 Å². The molecule has 0 atom stereocenters. The summed E-state index contributed by atoms with van der Waals surface area (Å²) >= 11 is 1.42. The lowest BCUT2D eigenvalue weighted by molar-refractivity contribution is -0.139. The van der Waals surface area contributed by atoms with E-state index < -0.39 is 5.97 Å². The van der Waals surface area contributed by atoms with E-state index in [1.807, 2.05) is 36.4 Å². The molecule has 1 N–H and O–H groups in total. The van der Waals surface area contributed by atoms with Gasteiger partial charge in [0.25, 0.3) is 0 Å². The molecule has 0 fully saturated rings. The predicted octanol–water partition coefficient (Wildman–Crippen LogP) is 3.58. The maximum Gasteiger partial charge on any atom is 0.359 e. The Labute approximate surface area is 127 Å². The summed E-state index contributed by atoms with van der Waals surface area (Å²) in [5.41, 5.74) is 0.851. The van der Waals surface area contributed by atoms with E-state index in [2.05, 4.69) is 0 Å². The lowest BCUT2D eigenvalue weighted by Crippen LogP contribution is -2.24. The molecule has 0 bridgehead atoms. The average molecular weight is 301 g/mol. The molecule has 0 aromatic heterocycles. The van der Waals surface area contributed by atoms with Crippen LogP contribution in [0, 0.1) is 0 Å². The molecule has 0 unspecified atom stereocenters. The minimum absolute atomic E-state index is 0.0320. The van der Waals surface area contributed by atoms with Gasteiger partial charge >= 0.3 is 5.97 Å². The lowest BCUT2D eigenvalue weighted by Gasteiger charge is -2.27. The number of esters is 1. The fourth-order valence-corrected chi connectivity index (χ4v) is 3.49. The van der Waals surface area contributed by atoms with Crippen molar-refractivity contribution in [1.82, 2.24) is 4.31 Å². The van der Waals surface area contributed by atoms with Crippen LogP contribution in [0.1, 0.15) is 12.5 Å². The highest BCUT2D eigenvalue weighted by atomic mass is 32.2. The Balaban J connectivity index is 2.20. The molecule has 1 aliphatic heterocycles. The number of carbonyl (C=O) groups excluding carboxylic acids is 1. The van der Waals surface area contributed by atoms with E-state index in [-0.39, 0.29) is 18.1 Å². The first-order valence-electron chi connectivity index (χ1n) is 6.67. The normalized spacial score (nSPS) is 14.3. The van der Waals surface area contributed by atoms with Crippen molar-refractivity contribution in [1.29, 1.82) is 0 Å². The summed E-state index contributed by atoms with van der Waals surface area (Å²) in [6.45, 7) is 2.02. The number of aliphatic hydroxyl groups excluding tert-OH is 1. The van der Waals surface area contributed by atoms with Gasteiger partial charge in [-0.1, -0.05) is 30.3 Å². The minimum Gasteiger partial charge on any atom is -0.505 e. The second-order valence-electron chi connectivity index (χ2n) is 4.67. The van der Waals surface area contributed by atoms with Gasteiger partial charge in [-0.25, -0.2) is 4.79 Å². The van der Waals surface area contributed by atoms with E-state index in [1.165, 1.54) is 11.9 Å². The highest BCUT2D eigenvalue weighted by Gasteiger charge is 2.30. The van der Waals surface area contributed by atoms with Gasteiger partial charge in [-0.15, -0.1) is 0 Å². The van der Waals surface area contributed by atoms with Crippen molar-refractivity contribution >= 4 is 34.4 Å². The molecule has 2 aromatic carbocycles. The number of hydrogen-bond donors (Lipinski definition) is 1. The molecule has 5 heteroatoms. The van der Waals surface area contributed by atoms with E-state index in [0.717, 1.165) is 15.7 Å². The predicted molar refractivity (Wildman–Crippen MR) is 83.7 cm³/mol. The molecule has 0 spiro atoms. The number of fused-ring (bicyclic) bond motifs is 3. The molecular weight excluding hydrogens is 286 g/mol. The van der Waals surface area contributed by atoms with Crippen LogP contribution in [0.15, 0.2) is 47.0 Å². The summed E-state index contributed by atoms with van der Waals surface area (Å²) in [4.78, 5) is 12.9. The summed E-state index contributed by atoms with van der Waals surface area (Å²) in [6.07, 6.45) is 0. The number of carbonyl (C=O) groups is 1. The van der Waals surface area contributed by atoms with Crippen LogP contribution in [0.2, 0.25) is 0 Å². The van der Waals surface area contributed by atoms with Gasteiger partial charge in [0.2, 0.25) is 0 Å². The smallest absolute Gasteiger partial charge is 0.359 e. The van der Waals surface area contributed by atoms with Crippen molar-refractivity contribution in [3.8, 4) is 0 Å². The highest BCUT2D eigenvalue weighted by molar-refractivity contribution is 7.97. The molecule has 0 aliphatic carbocycles. The van der Waals surface area contributed by atoms with E-state index in [4.69, 9.17) is 4.74 Å². The van der Waals surface area contributed by atoms with E-state index in [0.29, 0.717) is 5.56 Å². The molecule has 0 radical (unpaired) electrons. The molecule has 4 nitrogen and oxygen atoms in total. The third-order valence-electron chi connectivity index (χ3n) is 3.37. The van der Waals surface area contributed by atoms with Crippen LogP contribution in [0.3, 0.4) is 0 Å². The SMILES string of the molecule is CCOC(=O)C1=C(O)c2ccc3ccccc3c2SN1C. The monoisotopic (exact) mass is 301 g/mol. The quantitative estimate of drug-likeness (QED) is 0.678. The number of aliphatic hydroxyl groups is 1. The van der Waals surface area contributed by atoms with Crippen LogP contribution < -0.4 is 0 Å². The molecule has 0 saturated carbocycles. The summed E-state index contributed by atoms with van der Waals surface area (Å²) in [7, 11) is 1.75. The van der Waals surface area contributed by atoms with Crippen LogP contribution >= 0.6 is 11.9 Å². The zero-order chi connectivity index (χ0) is 15.0. The van der Waals surface area contributed by atoms with Crippen molar-refractivity contribution in [2.24, 2.45) is 0 Å². The Bertz CT molecular complexity index is 754. The van der Waals surface area contributed by atoms with Gasteiger partial charge in [-0.2, -0.15) is 0 Å². The first-order valence-corrected chi connectivity index (χ1v) is 7.45. The zero-order valence-corrected chi connectivity index (χ0v) is 12.6. The van der Waals surface area contributed by atoms with E-state index >= 15 is 0 Å². The lowest BCUT2D eigenvalue weighted by atomic mass is 10.0. The number of nitrogens with zero attached hydrogens (tertiary/aromatic N) is 1. The largest absolute Gasteiger partial charge is 0.505 e. The first-order chi connectivity index (χ1) is 10.1. The molecule has 0 saturated heterocycles. The van der Waals surface area contributed by atoms with Crippen LogP contribution in [0.5, 0.6) is 0 Å². The minimum atomic E-state index is -0.510. The van der Waals surface area contributed by atoms with Crippen LogP contribution in [0.4, 0.5) is 0 Å². The summed E-state index contributed by atoms with van der Waals surface area (Å²) in [5, 5.41) is 12.6. The van der Waals surface area contributed by atoms with Crippen LogP contribution in [0.25, 0.3) is 16.5 Å². The number of hydrogen-bond acceptors (Lipinski definition) is 5. The van der Waals surface area contributed by atoms with Crippen molar-refractivity contribution in [2.45, 2.75) is 11.8 Å². The van der Waals surface area contributed by atoms with Gasteiger partial charge in [0, 0.05) is 17.5 Å². The second kappa shape index (κ2) is 5.33. The van der Waals surface area contributed by atoms with Crippen molar-refractivity contribution in [3.05, 3.63) is 47.7 Å². The molecule has 1 aliphatic rings. The highest BCUT2D eigenvalue weighted by Crippen LogP contribution is 2.42. The van der Waals surface area contributed by atoms with Gasteiger partial charge in [-0.3, -0.25) is 0 Å². The third kappa shape index (κ3) is 2.23. The van der Waals surface area contributed by atoms with E-state index in [1.54, 1.807) is 18.3 Å². The standard InChI is InChI=1S/C16H15NO3S/c1-3-20-16(19)13-14(18)12-9-8-10-6-4-5-7-11(10)15(12)21-17(13)2/h4-9,18H,3H2,1-2H3. The van der Waals surface area contributed by atoms with Gasteiger partial charge < -0.3 is 14.1 Å². The van der Waals surface area contributed by atoms with Crippen molar-refractivity contribution < 1.29 is 14.6 Å². The van der Waals surface area contributed by atoms with Crippen LogP contribution in [-0.2, 0) is 9.53 Å². The Morgan fingerprint density at radius 1 is 1.29 bits per heavy atom. The second-order valence-corrected chi connectivity index (χ2v) is 5.81. The Morgan fingerprint density at radius 2 is 2.05 bits per heavy atom. The molecule has 3 rings (SSSR count). The van der Waals surface area contributed by atoms with Crippen LogP contribution in [-0.4, -0.2) is 29.0 Å². The molecule has 0 amide bonds. The Kier molecular flexibility index (Phi) is 3.51. The maximum atomic E-state index is 12.0. The maximum absolute atomic E-state index is 12.0. The fraction of sp³-hybridized carbons (Fsp3) is 0.188. The van der Waals surface area contributed by atoms with Crippen molar-refractivity contribution in [3.63, 3.8) is 0 Å². The van der Waals surface area contributed by atoms with Gasteiger partial charge in [-0.05, 0) is 35.7 Å². The average Bonchev–Trinajstić information content (AvgIpc) is 2.47. The topological polar surface area (TPSA) is 49.8 Å².